The largest absolute Gasteiger partial charge is 0.493 e. The van der Waals surface area contributed by atoms with E-state index in [4.69, 9.17) is 4.74 Å². The summed E-state index contributed by atoms with van der Waals surface area (Å²) in [4.78, 5) is 0. The van der Waals surface area contributed by atoms with Gasteiger partial charge < -0.3 is 9.84 Å². The van der Waals surface area contributed by atoms with Crippen LogP contribution in [0.1, 0.15) is 36.3 Å². The first-order chi connectivity index (χ1) is 9.67. The molecule has 2 aromatic rings. The number of aliphatic hydroxyl groups is 1. The Morgan fingerprint density at radius 2 is 2.35 bits per heavy atom. The molecule has 0 spiro atoms. The van der Waals surface area contributed by atoms with Crippen molar-refractivity contribution in [1.82, 2.24) is 15.0 Å². The fourth-order valence-electron chi connectivity index (χ4n) is 2.39. The van der Waals surface area contributed by atoms with Crippen molar-refractivity contribution in [3.63, 3.8) is 0 Å². The zero-order chi connectivity index (χ0) is 14.1. The number of ether oxygens (including phenoxy) is 1. The minimum absolute atomic E-state index is 0.548. The van der Waals surface area contributed by atoms with E-state index in [0.29, 0.717) is 18.7 Å². The average molecular weight is 338 g/mol. The number of nitrogens with zero attached hydrogens (tertiary/aromatic N) is 3. The first kappa shape index (κ1) is 13.6. The van der Waals surface area contributed by atoms with Crippen molar-refractivity contribution in [2.75, 3.05) is 6.61 Å². The van der Waals surface area contributed by atoms with E-state index in [1.54, 1.807) is 10.9 Å². The van der Waals surface area contributed by atoms with Crippen molar-refractivity contribution in [2.45, 2.75) is 32.4 Å². The number of aromatic nitrogens is 3. The van der Waals surface area contributed by atoms with Gasteiger partial charge in [0.25, 0.3) is 0 Å². The third kappa shape index (κ3) is 2.58. The van der Waals surface area contributed by atoms with Gasteiger partial charge in [-0.25, -0.2) is 4.68 Å². The van der Waals surface area contributed by atoms with Crippen molar-refractivity contribution < 1.29 is 9.84 Å². The Kier molecular flexibility index (Phi) is 3.76. The van der Waals surface area contributed by atoms with Crippen LogP contribution in [0.2, 0.25) is 0 Å². The van der Waals surface area contributed by atoms with Gasteiger partial charge in [-0.1, -0.05) is 28.1 Å². The lowest BCUT2D eigenvalue weighted by Crippen LogP contribution is -2.02. The van der Waals surface area contributed by atoms with Crippen LogP contribution in [0.25, 0.3) is 0 Å². The predicted molar refractivity (Wildman–Crippen MR) is 77.7 cm³/mol. The standard InChI is InChI=1S/C14H16BrN3O2/c1-2-13(19)12-8-18(17-16-12)7-10-6-11(15)5-9-3-4-20-14(9)10/h5-6,8,13,19H,2-4,7H2,1H3. The molecule has 1 aromatic carbocycles. The number of hydrogen-bond acceptors (Lipinski definition) is 4. The van der Waals surface area contributed by atoms with E-state index in [9.17, 15) is 5.11 Å². The van der Waals surface area contributed by atoms with Gasteiger partial charge in [0, 0.05) is 16.5 Å². The van der Waals surface area contributed by atoms with Gasteiger partial charge in [-0.2, -0.15) is 0 Å². The third-order valence-corrected chi connectivity index (χ3v) is 3.90. The van der Waals surface area contributed by atoms with E-state index in [2.05, 4.69) is 32.3 Å². The summed E-state index contributed by atoms with van der Waals surface area (Å²) in [6, 6.07) is 4.14. The highest BCUT2D eigenvalue weighted by Crippen LogP contribution is 2.33. The van der Waals surface area contributed by atoms with Crippen LogP contribution < -0.4 is 4.74 Å². The summed E-state index contributed by atoms with van der Waals surface area (Å²) in [7, 11) is 0. The summed E-state index contributed by atoms with van der Waals surface area (Å²) >= 11 is 3.53. The highest BCUT2D eigenvalue weighted by Gasteiger charge is 2.18. The molecule has 1 aliphatic heterocycles. The van der Waals surface area contributed by atoms with Crippen LogP contribution in [0.4, 0.5) is 0 Å². The Morgan fingerprint density at radius 3 is 3.15 bits per heavy atom. The highest BCUT2D eigenvalue weighted by molar-refractivity contribution is 9.10. The van der Waals surface area contributed by atoms with Crippen LogP contribution in [0.15, 0.2) is 22.8 Å². The van der Waals surface area contributed by atoms with Gasteiger partial charge in [-0.15, -0.1) is 5.10 Å². The first-order valence-corrected chi connectivity index (χ1v) is 7.49. The molecule has 2 heterocycles. The zero-order valence-electron chi connectivity index (χ0n) is 11.2. The van der Waals surface area contributed by atoms with Gasteiger partial charge in [0.05, 0.1) is 25.5 Å². The maximum atomic E-state index is 9.76. The van der Waals surface area contributed by atoms with E-state index in [1.165, 1.54) is 5.56 Å². The quantitative estimate of drug-likeness (QED) is 0.930. The molecule has 0 aliphatic carbocycles. The van der Waals surface area contributed by atoms with E-state index >= 15 is 0 Å². The number of benzene rings is 1. The lowest BCUT2D eigenvalue weighted by Gasteiger charge is -2.08. The normalized spacial score (nSPS) is 14.9. The number of hydrogen-bond donors (Lipinski definition) is 1. The lowest BCUT2D eigenvalue weighted by molar-refractivity contribution is 0.168. The number of halogens is 1. The van der Waals surface area contributed by atoms with Crippen LogP contribution in [-0.2, 0) is 13.0 Å². The fourth-order valence-corrected chi connectivity index (χ4v) is 2.94. The molecule has 1 aliphatic rings. The average Bonchev–Trinajstić information content (AvgIpc) is 3.06. The highest BCUT2D eigenvalue weighted by atomic mass is 79.9. The van der Waals surface area contributed by atoms with E-state index in [0.717, 1.165) is 28.8 Å². The van der Waals surface area contributed by atoms with Crippen molar-refractivity contribution in [1.29, 1.82) is 0 Å². The molecule has 3 rings (SSSR count). The summed E-state index contributed by atoms with van der Waals surface area (Å²) in [6.07, 6.45) is 2.82. The molecule has 0 saturated heterocycles. The fraction of sp³-hybridized carbons (Fsp3) is 0.429. The first-order valence-electron chi connectivity index (χ1n) is 6.69. The summed E-state index contributed by atoms with van der Waals surface area (Å²) in [6.45, 7) is 3.24. The van der Waals surface area contributed by atoms with Crippen molar-refractivity contribution in [3.8, 4) is 5.75 Å². The number of rotatable bonds is 4. The molecule has 1 N–H and O–H groups in total. The minimum Gasteiger partial charge on any atom is -0.493 e. The van der Waals surface area contributed by atoms with Gasteiger partial charge in [0.15, 0.2) is 0 Å². The second-order valence-electron chi connectivity index (χ2n) is 4.92. The molecular weight excluding hydrogens is 322 g/mol. The van der Waals surface area contributed by atoms with Crippen molar-refractivity contribution in [3.05, 3.63) is 39.6 Å². The van der Waals surface area contributed by atoms with E-state index in [1.807, 2.05) is 13.0 Å². The topological polar surface area (TPSA) is 60.2 Å². The molecule has 106 valence electrons. The predicted octanol–water partition coefficient (Wildman–Crippen LogP) is 2.47. The molecule has 20 heavy (non-hydrogen) atoms. The molecule has 1 aromatic heterocycles. The molecule has 0 bridgehead atoms. The monoisotopic (exact) mass is 337 g/mol. The molecular formula is C14H16BrN3O2. The lowest BCUT2D eigenvalue weighted by atomic mass is 10.1. The van der Waals surface area contributed by atoms with E-state index < -0.39 is 6.10 Å². The maximum absolute atomic E-state index is 9.76. The molecule has 0 radical (unpaired) electrons. The minimum atomic E-state index is -0.548. The van der Waals surface area contributed by atoms with Gasteiger partial charge >= 0.3 is 0 Å². The summed E-state index contributed by atoms with van der Waals surface area (Å²) in [5.41, 5.74) is 2.91. The summed E-state index contributed by atoms with van der Waals surface area (Å²) < 4.78 is 8.48. The maximum Gasteiger partial charge on any atom is 0.127 e. The second kappa shape index (κ2) is 5.54. The molecule has 1 atom stereocenters. The molecule has 1 unspecified atom stereocenters. The summed E-state index contributed by atoms with van der Waals surface area (Å²) in [5.74, 6) is 0.960. The van der Waals surface area contributed by atoms with Gasteiger partial charge in [-0.05, 0) is 24.1 Å². The third-order valence-electron chi connectivity index (χ3n) is 3.44. The van der Waals surface area contributed by atoms with Crippen molar-refractivity contribution >= 4 is 15.9 Å². The Morgan fingerprint density at radius 1 is 1.50 bits per heavy atom. The molecule has 6 heteroatoms. The molecule has 0 amide bonds. The Bertz CT molecular complexity index is 627. The number of aliphatic hydroxyl groups excluding tert-OH is 1. The van der Waals surface area contributed by atoms with Crippen LogP contribution in [0.3, 0.4) is 0 Å². The van der Waals surface area contributed by atoms with Gasteiger partial charge in [-0.3, -0.25) is 0 Å². The van der Waals surface area contributed by atoms with Crippen LogP contribution in [-0.4, -0.2) is 26.7 Å². The second-order valence-corrected chi connectivity index (χ2v) is 5.83. The van der Waals surface area contributed by atoms with Gasteiger partial charge in [0.1, 0.15) is 11.4 Å². The van der Waals surface area contributed by atoms with Gasteiger partial charge in [0.2, 0.25) is 0 Å². The number of fused-ring (bicyclic) bond motifs is 1. The molecule has 5 nitrogen and oxygen atoms in total. The Labute approximate surface area is 125 Å². The van der Waals surface area contributed by atoms with Crippen LogP contribution >= 0.6 is 15.9 Å². The zero-order valence-corrected chi connectivity index (χ0v) is 12.8. The van der Waals surface area contributed by atoms with Crippen LogP contribution in [0, 0.1) is 0 Å². The molecule has 0 fully saturated rings. The van der Waals surface area contributed by atoms with Crippen LogP contribution in [0.5, 0.6) is 5.75 Å². The Balaban J connectivity index is 1.86. The van der Waals surface area contributed by atoms with Crippen molar-refractivity contribution in [2.24, 2.45) is 0 Å². The SMILES string of the molecule is CCC(O)c1cn(Cc2cc(Br)cc3c2OCC3)nn1. The summed E-state index contributed by atoms with van der Waals surface area (Å²) in [5, 5.41) is 17.8. The van der Waals surface area contributed by atoms with E-state index in [-0.39, 0.29) is 0 Å². The smallest absolute Gasteiger partial charge is 0.127 e. The molecule has 0 saturated carbocycles. The Hall–Kier alpha value is -1.40.